The fraction of sp³-hybridized carbons (Fsp3) is 0.0598. The lowest BCUT2D eigenvalue weighted by atomic mass is 9.92. The number of nitrogens with one attached hydrogen (secondary N) is 1. The van der Waals surface area contributed by atoms with Crippen molar-refractivity contribution in [3.8, 4) is 204 Å². The van der Waals surface area contributed by atoms with Crippen LogP contribution < -0.4 is 11.5 Å². The molecule has 1 aliphatic carbocycles. The van der Waals surface area contributed by atoms with Crippen molar-refractivity contribution in [2.45, 2.75) is 44.7 Å². The van der Waals surface area contributed by atoms with Gasteiger partial charge in [-0.1, -0.05) is 313 Å². The van der Waals surface area contributed by atoms with Crippen molar-refractivity contribution in [3.05, 3.63) is 349 Å². The summed E-state index contributed by atoms with van der Waals surface area (Å²) in [5.74, 6) is 50.7. The number of hydrogen-bond acceptors (Lipinski definition) is 8. The molecule has 0 spiro atoms. The van der Waals surface area contributed by atoms with Gasteiger partial charge in [0.15, 0.2) is 34.9 Å². The zero-order valence-corrected chi connectivity index (χ0v) is 80.9. The molecule has 1 fully saturated rings. The standard InChI is InChI=1S/C45H27Br2N5.C39H25N5.C21H4.C6H3Br2I.C6H14N2.B/c46-30-25-31(47)27-32(26-30)51-37-20-10-7-17-33(37)34-23-24-40-41(42(34)51)35-18-8-11-21-38(35)52(40)39-22-12-9-19-36(39)45-49-43(28-13-3-1-4-14-28)48-44(50-45)29-15-5-2-6-16-29;1-3-13-25(14-4-1)37-41-38(26-15-5-2-6-16-26)43-39(42-37)30-19-9-12-22-33(30)44-32-21-11-8-18-29(32)35-34(44)24-23-28-27-17-7-10-20-31(27)40-36(28)35;1-3-5-7-9-11-13-15-17-19-21-20-18-16-14-12-10-8-6-4-2;7-4-1-5(8)3-6(9)2-4;7-5-3-1-2-4-6(5)8;/h1-27H;1-24,40H;1H,2H3;1-3H;5-6H,1-4,7-8H2;. The second-order valence-electron chi connectivity index (χ2n) is 30.4. The Bertz CT molecular complexity index is 8420. The van der Waals surface area contributed by atoms with E-state index in [1.807, 2.05) is 127 Å². The third-order valence-corrected chi connectivity index (χ3v) is 24.4. The normalized spacial score (nSPS) is 11.9. The van der Waals surface area contributed by atoms with Crippen LogP contribution in [0.15, 0.2) is 345 Å². The molecule has 3 radical (unpaired) electrons. The molecule has 14 aromatic carbocycles. The third-order valence-electron chi connectivity index (χ3n) is 22.0. The molecule has 0 saturated heterocycles. The third kappa shape index (κ3) is 21.5. The Morgan fingerprint density at radius 2 is 0.659 bits per heavy atom. The Hall–Kier alpha value is -15.5. The highest BCUT2D eigenvalue weighted by Gasteiger charge is 2.26. The molecule has 20 aromatic rings. The van der Waals surface area contributed by atoms with E-state index < -0.39 is 0 Å². The van der Waals surface area contributed by atoms with Gasteiger partial charge in [0.2, 0.25) is 0 Å². The van der Waals surface area contributed by atoms with Gasteiger partial charge >= 0.3 is 0 Å². The van der Waals surface area contributed by atoms with E-state index in [1.165, 1.54) is 59.5 Å². The minimum atomic E-state index is 0. The van der Waals surface area contributed by atoms with Crippen LogP contribution >= 0.6 is 86.3 Å². The van der Waals surface area contributed by atoms with Gasteiger partial charge in [0.25, 0.3) is 0 Å². The minimum absolute atomic E-state index is 0. The number of fused-ring (bicyclic) bond motifs is 14. The van der Waals surface area contributed by atoms with Crippen molar-refractivity contribution in [2.75, 3.05) is 0 Å². The van der Waals surface area contributed by atoms with E-state index in [-0.39, 0.29) is 20.5 Å². The summed E-state index contributed by atoms with van der Waals surface area (Å²) in [7, 11) is 0. The Morgan fingerprint density at radius 3 is 1.07 bits per heavy atom. The molecule has 2 atom stereocenters. The Morgan fingerprint density at radius 1 is 0.326 bits per heavy atom. The van der Waals surface area contributed by atoms with Gasteiger partial charge in [0.1, 0.15) is 0 Å². The van der Waals surface area contributed by atoms with Crippen molar-refractivity contribution in [1.29, 1.82) is 0 Å². The van der Waals surface area contributed by atoms with Gasteiger partial charge in [-0.3, -0.25) is 0 Å². The number of nitrogens with two attached hydrogens (primary N) is 2. The van der Waals surface area contributed by atoms with Crippen LogP contribution in [0.2, 0.25) is 0 Å². The highest BCUT2D eigenvalue weighted by Crippen LogP contribution is 2.46. The van der Waals surface area contributed by atoms with Crippen molar-refractivity contribution in [1.82, 2.24) is 48.6 Å². The van der Waals surface area contributed by atoms with Gasteiger partial charge in [0.05, 0.1) is 50.0 Å². The van der Waals surface area contributed by atoms with Gasteiger partial charge in [-0.15, -0.1) is 6.42 Å². The van der Waals surface area contributed by atoms with E-state index >= 15 is 0 Å². The van der Waals surface area contributed by atoms with E-state index in [2.05, 4.69) is 418 Å². The van der Waals surface area contributed by atoms with Crippen LogP contribution in [0, 0.1) is 122 Å². The molecule has 6 aromatic heterocycles. The number of terminal acetylenes is 1. The molecule has 0 bridgehead atoms. The topological polar surface area (TPSA) is 160 Å². The van der Waals surface area contributed by atoms with E-state index in [1.54, 1.807) is 6.92 Å². The molecule has 5 N–H and O–H groups in total. The van der Waals surface area contributed by atoms with Crippen LogP contribution in [0.1, 0.15) is 32.6 Å². The molecule has 0 aliphatic heterocycles. The van der Waals surface area contributed by atoms with Crippen LogP contribution in [0.4, 0.5) is 0 Å². The maximum Gasteiger partial charge on any atom is 0.166 e. The lowest BCUT2D eigenvalue weighted by Crippen LogP contribution is -2.43. The molecule has 21 rings (SSSR count). The lowest BCUT2D eigenvalue weighted by molar-refractivity contribution is 0.385. The largest absolute Gasteiger partial charge is 0.354 e. The number of benzene rings is 14. The first-order valence-electron chi connectivity index (χ1n) is 42.6. The molecule has 6 heterocycles. The van der Waals surface area contributed by atoms with Crippen LogP contribution in [0.3, 0.4) is 0 Å². The summed E-state index contributed by atoms with van der Waals surface area (Å²) in [4.78, 5) is 34.0. The number of rotatable bonds is 9. The summed E-state index contributed by atoms with van der Waals surface area (Å²) in [6, 6.07) is 114. The number of hydrogen-bond donors (Lipinski definition) is 3. The first kappa shape index (κ1) is 92.8. The predicted octanol–water partition coefficient (Wildman–Crippen LogP) is 26.5. The van der Waals surface area contributed by atoms with E-state index in [0.717, 1.165) is 125 Å². The summed E-state index contributed by atoms with van der Waals surface area (Å²) < 4.78 is 12.6. The summed E-state index contributed by atoms with van der Waals surface area (Å²) in [6.07, 6.45) is 9.70. The van der Waals surface area contributed by atoms with E-state index in [4.69, 9.17) is 47.8 Å². The number of halogens is 5. The van der Waals surface area contributed by atoms with Crippen molar-refractivity contribution in [2.24, 2.45) is 11.5 Å². The van der Waals surface area contributed by atoms with Crippen molar-refractivity contribution >= 4 is 182 Å². The van der Waals surface area contributed by atoms with E-state index in [9.17, 15) is 0 Å². The monoisotopic (exact) mass is 2100 g/mol. The number of nitrogens with zero attached hydrogens (tertiary/aromatic N) is 9. The Kier molecular flexibility index (Phi) is 30.7. The summed E-state index contributed by atoms with van der Waals surface area (Å²) in [5, 5.41) is 9.61. The number of aromatic amines is 1. The predicted molar refractivity (Wildman–Crippen MR) is 579 cm³/mol. The van der Waals surface area contributed by atoms with Crippen LogP contribution in [0.5, 0.6) is 0 Å². The highest BCUT2D eigenvalue weighted by atomic mass is 127. The molecule has 1 aliphatic rings. The van der Waals surface area contributed by atoms with Gasteiger partial charge in [-0.2, -0.15) is 0 Å². The Balaban J connectivity index is 0.000000143. The first-order chi connectivity index (χ1) is 65.9. The molecule has 18 heteroatoms. The van der Waals surface area contributed by atoms with Gasteiger partial charge in [-0.05, 0) is 234 Å². The zero-order chi connectivity index (χ0) is 92.1. The minimum Gasteiger partial charge on any atom is -0.354 e. The highest BCUT2D eigenvalue weighted by molar-refractivity contribution is 14.1. The van der Waals surface area contributed by atoms with Crippen molar-refractivity contribution < 1.29 is 0 Å². The molecule has 12 nitrogen and oxygen atoms in total. The lowest BCUT2D eigenvalue weighted by Gasteiger charge is -2.24. The Labute approximate surface area is 832 Å². The average Bonchev–Trinajstić information content (AvgIpc) is 1.54. The average molecular weight is 2100 g/mol. The molecular formula is C117H73BBr4IN12. The first-order valence-corrected chi connectivity index (χ1v) is 46.9. The second-order valence-corrected chi connectivity index (χ2v) is 35.3. The number of para-hydroxylation sites is 6. The van der Waals surface area contributed by atoms with Crippen LogP contribution in [0.25, 0.3) is 173 Å². The number of H-pyrrole nitrogens is 1. The summed E-state index contributed by atoms with van der Waals surface area (Å²) in [6.45, 7) is 1.70. The molecule has 2 unspecified atom stereocenters. The van der Waals surface area contributed by atoms with Gasteiger partial charge in [-0.25, -0.2) is 29.9 Å². The van der Waals surface area contributed by atoms with Crippen LogP contribution in [-0.4, -0.2) is 69.1 Å². The summed E-state index contributed by atoms with van der Waals surface area (Å²) >= 11 is 16.5. The SMILES string of the molecule is Brc1cc(Br)cc(-n2c3ccccc3c3ccc4c(c5ccccc5n4-c4ccccc4-c4nc(-c5ccccc5)nc(-c5ccccc5)n4)c32)c1.Brc1cc(Br)cc(I)c1.C#CC#CC#CC#CC#CC#CC#CC#CC#CC#CC.NC1CCCCC1N.[B].c1ccc(-c2nc(-c3ccccc3)nc(-c3ccccc3-n3c4ccccc4c4c5[nH]c6ccccc6c5ccc43)n2)cc1. The molecular weight excluding hydrogens is 2030 g/mol. The zero-order valence-electron chi connectivity index (χ0n) is 72.4. The maximum atomic E-state index is 5.65. The smallest absolute Gasteiger partial charge is 0.166 e. The molecule has 135 heavy (non-hydrogen) atoms. The van der Waals surface area contributed by atoms with Gasteiger partial charge < -0.3 is 30.2 Å². The van der Waals surface area contributed by atoms with Crippen LogP contribution in [-0.2, 0) is 0 Å². The van der Waals surface area contributed by atoms with Gasteiger partial charge in [0, 0.05) is 141 Å². The molecule has 0 amide bonds. The molecule has 1 saturated carbocycles. The van der Waals surface area contributed by atoms with Crippen molar-refractivity contribution in [3.63, 3.8) is 0 Å². The quantitative estimate of drug-likeness (QED) is 0.0731. The maximum absolute atomic E-state index is 5.65. The summed E-state index contributed by atoms with van der Waals surface area (Å²) in [5.41, 5.74) is 29.1. The molecule has 639 valence electrons. The fourth-order valence-corrected chi connectivity index (χ4v) is 20.3. The number of aromatic nitrogens is 10. The fourth-order valence-electron chi connectivity index (χ4n) is 16.2. The second kappa shape index (κ2) is 44.6. The van der Waals surface area contributed by atoms with E-state index in [0.29, 0.717) is 34.9 Å².